The zero-order chi connectivity index (χ0) is 5.86. The molecule has 0 spiro atoms. The quantitative estimate of drug-likeness (QED) is 0.510. The molecule has 0 rings (SSSR count). The highest BCUT2D eigenvalue weighted by Crippen LogP contribution is 1.84. The van der Waals surface area contributed by atoms with E-state index in [9.17, 15) is 0 Å². The Hall–Kier alpha value is -0.0800. The average molecular weight is 102 g/mol. The molecule has 2 heteroatoms. The molecule has 0 radical (unpaired) electrons. The zero-order valence-corrected chi connectivity index (χ0v) is 5.52. The summed E-state index contributed by atoms with van der Waals surface area (Å²) in [6.07, 6.45) is 0. The molecule has 7 heavy (non-hydrogen) atoms. The fourth-order valence-corrected chi connectivity index (χ4v) is 0.258. The van der Waals surface area contributed by atoms with Crippen LogP contribution in [-0.4, -0.2) is 25.1 Å². The molecule has 1 N–H and O–H groups in total. The van der Waals surface area contributed by atoms with Crippen LogP contribution in [0.5, 0.6) is 0 Å². The second-order valence-corrected chi connectivity index (χ2v) is 1.93. The second-order valence-electron chi connectivity index (χ2n) is 1.93. The van der Waals surface area contributed by atoms with Gasteiger partial charge in [-0.15, -0.1) is 0 Å². The van der Waals surface area contributed by atoms with Crippen LogP contribution in [0, 0.1) is 0 Å². The van der Waals surface area contributed by atoms with Crippen LogP contribution in [0.4, 0.5) is 0 Å². The Kier molecular flexibility index (Phi) is 2.96. The van der Waals surface area contributed by atoms with Crippen molar-refractivity contribution in [3.05, 3.63) is 0 Å². The van der Waals surface area contributed by atoms with Crippen LogP contribution in [0.3, 0.4) is 0 Å². The van der Waals surface area contributed by atoms with Crippen LogP contribution in [0.25, 0.3) is 0 Å². The van der Waals surface area contributed by atoms with E-state index in [2.05, 4.69) is 19.3 Å². The van der Waals surface area contributed by atoms with Crippen molar-refractivity contribution in [1.82, 2.24) is 10.4 Å². The van der Waals surface area contributed by atoms with Gasteiger partial charge in [-0.1, -0.05) is 0 Å². The summed E-state index contributed by atoms with van der Waals surface area (Å²) in [7, 11) is 3.94. The minimum absolute atomic E-state index is 0.588. The molecular formula is C5H14N2. The minimum atomic E-state index is 0.588. The van der Waals surface area contributed by atoms with Gasteiger partial charge in [-0.05, 0) is 20.9 Å². The lowest BCUT2D eigenvalue weighted by atomic mass is 10.4. The van der Waals surface area contributed by atoms with Crippen molar-refractivity contribution in [2.24, 2.45) is 0 Å². The summed E-state index contributed by atoms with van der Waals surface area (Å²) in [5.41, 5.74) is 3.00. The van der Waals surface area contributed by atoms with E-state index in [-0.39, 0.29) is 0 Å². The molecule has 0 saturated carbocycles. The first-order valence-electron chi connectivity index (χ1n) is 2.58. The lowest BCUT2D eigenvalue weighted by molar-refractivity contribution is 0.207. The highest BCUT2D eigenvalue weighted by atomic mass is 15.5. The van der Waals surface area contributed by atoms with Gasteiger partial charge in [0, 0.05) is 13.1 Å². The molecule has 0 atom stereocenters. The van der Waals surface area contributed by atoms with Crippen molar-refractivity contribution < 1.29 is 0 Å². The van der Waals surface area contributed by atoms with E-state index in [4.69, 9.17) is 0 Å². The maximum absolute atomic E-state index is 3.00. The zero-order valence-electron chi connectivity index (χ0n) is 5.52. The molecule has 0 unspecified atom stereocenters. The van der Waals surface area contributed by atoms with Gasteiger partial charge in [0.1, 0.15) is 0 Å². The van der Waals surface area contributed by atoms with Crippen LogP contribution in [0.1, 0.15) is 13.8 Å². The molecule has 0 aliphatic carbocycles. The number of hydrazine groups is 1. The van der Waals surface area contributed by atoms with Crippen LogP contribution < -0.4 is 5.43 Å². The first kappa shape index (κ1) is 6.92. The van der Waals surface area contributed by atoms with Gasteiger partial charge in [0.25, 0.3) is 0 Å². The van der Waals surface area contributed by atoms with Gasteiger partial charge >= 0.3 is 0 Å². The summed E-state index contributed by atoms with van der Waals surface area (Å²) in [6, 6.07) is 0.588. The summed E-state index contributed by atoms with van der Waals surface area (Å²) < 4.78 is 0. The van der Waals surface area contributed by atoms with Gasteiger partial charge in [-0.3, -0.25) is 5.43 Å². The highest BCUT2D eigenvalue weighted by Gasteiger charge is 1.95. The first-order valence-corrected chi connectivity index (χ1v) is 2.58. The number of nitrogens with zero attached hydrogens (tertiary/aromatic N) is 1. The Balaban J connectivity index is 3.14. The molecular weight excluding hydrogens is 88.1 g/mol. The third kappa shape index (κ3) is 2.60. The molecule has 0 heterocycles. The van der Waals surface area contributed by atoms with E-state index in [0.29, 0.717) is 6.04 Å². The van der Waals surface area contributed by atoms with E-state index in [0.717, 1.165) is 0 Å². The summed E-state index contributed by atoms with van der Waals surface area (Å²) in [5.74, 6) is 0. The summed E-state index contributed by atoms with van der Waals surface area (Å²) in [5, 5.41) is 2.04. The van der Waals surface area contributed by atoms with Crippen molar-refractivity contribution in [1.29, 1.82) is 0 Å². The predicted octanol–water partition coefficient (Wildman–Crippen LogP) is 0.461. The van der Waals surface area contributed by atoms with Gasteiger partial charge in [0.2, 0.25) is 0 Å². The Bertz CT molecular complexity index is 43.3. The smallest absolute Gasteiger partial charge is 0.0183 e. The van der Waals surface area contributed by atoms with E-state index in [1.54, 1.807) is 0 Å². The first-order chi connectivity index (χ1) is 3.18. The summed E-state index contributed by atoms with van der Waals surface area (Å²) >= 11 is 0. The summed E-state index contributed by atoms with van der Waals surface area (Å²) in [4.78, 5) is 0. The Morgan fingerprint density at radius 2 is 1.86 bits per heavy atom. The van der Waals surface area contributed by atoms with Gasteiger partial charge in [0.15, 0.2) is 0 Å². The van der Waals surface area contributed by atoms with Gasteiger partial charge in [-0.2, -0.15) is 0 Å². The monoisotopic (exact) mass is 102 g/mol. The molecule has 2 nitrogen and oxygen atoms in total. The topological polar surface area (TPSA) is 15.3 Å². The van der Waals surface area contributed by atoms with Crippen molar-refractivity contribution in [3.63, 3.8) is 0 Å². The molecule has 0 aromatic rings. The third-order valence-corrected chi connectivity index (χ3v) is 1.13. The number of nitrogens with one attached hydrogen (secondary N) is 1. The van der Waals surface area contributed by atoms with Crippen molar-refractivity contribution in [3.8, 4) is 0 Å². The number of hydrogen-bond donors (Lipinski definition) is 1. The Morgan fingerprint density at radius 1 is 1.43 bits per heavy atom. The Morgan fingerprint density at radius 3 is 1.86 bits per heavy atom. The lowest BCUT2D eigenvalue weighted by Gasteiger charge is -2.18. The molecule has 0 fully saturated rings. The van der Waals surface area contributed by atoms with Crippen LogP contribution in [0.2, 0.25) is 0 Å². The molecule has 0 saturated heterocycles. The van der Waals surface area contributed by atoms with E-state index >= 15 is 0 Å². The van der Waals surface area contributed by atoms with Crippen molar-refractivity contribution in [2.75, 3.05) is 14.1 Å². The van der Waals surface area contributed by atoms with Crippen LogP contribution >= 0.6 is 0 Å². The Labute approximate surface area is 45.5 Å². The average Bonchev–Trinajstić information content (AvgIpc) is 1.65. The molecule has 44 valence electrons. The van der Waals surface area contributed by atoms with Crippen LogP contribution in [-0.2, 0) is 0 Å². The molecule has 0 bridgehead atoms. The van der Waals surface area contributed by atoms with E-state index in [1.807, 2.05) is 19.1 Å². The van der Waals surface area contributed by atoms with Gasteiger partial charge < -0.3 is 0 Å². The standard InChI is InChI=1S/C5H14N2/c1-5(2)7(4)6-3/h5-6H,1-4H3. The predicted molar refractivity (Wildman–Crippen MR) is 32.0 cm³/mol. The number of rotatable bonds is 2. The largest absolute Gasteiger partial charge is 0.258 e. The fourth-order valence-electron chi connectivity index (χ4n) is 0.258. The van der Waals surface area contributed by atoms with Crippen molar-refractivity contribution in [2.45, 2.75) is 19.9 Å². The van der Waals surface area contributed by atoms with Crippen LogP contribution in [0.15, 0.2) is 0 Å². The van der Waals surface area contributed by atoms with E-state index < -0.39 is 0 Å². The van der Waals surface area contributed by atoms with Gasteiger partial charge in [-0.25, -0.2) is 5.01 Å². The normalized spacial score (nSPS) is 11.1. The minimum Gasteiger partial charge on any atom is -0.258 e. The molecule has 0 aliphatic heterocycles. The molecule has 0 aromatic heterocycles. The second kappa shape index (κ2) is 2.99. The number of hydrogen-bond acceptors (Lipinski definition) is 2. The molecule has 0 aromatic carbocycles. The fraction of sp³-hybridized carbons (Fsp3) is 1.00. The van der Waals surface area contributed by atoms with Crippen molar-refractivity contribution >= 4 is 0 Å². The SMILES string of the molecule is CNN(C)C(C)C. The third-order valence-electron chi connectivity index (χ3n) is 1.13. The molecule has 0 aliphatic rings. The maximum atomic E-state index is 3.00. The maximum Gasteiger partial charge on any atom is 0.0183 e. The highest BCUT2D eigenvalue weighted by molar-refractivity contribution is 4.46. The lowest BCUT2D eigenvalue weighted by Crippen LogP contribution is -2.36. The molecule has 0 amide bonds. The summed E-state index contributed by atoms with van der Waals surface area (Å²) in [6.45, 7) is 4.27. The van der Waals surface area contributed by atoms with E-state index in [1.165, 1.54) is 0 Å². The van der Waals surface area contributed by atoms with Gasteiger partial charge in [0.05, 0.1) is 0 Å².